The van der Waals surface area contributed by atoms with Crippen molar-refractivity contribution in [3.63, 3.8) is 0 Å². The van der Waals surface area contributed by atoms with Gasteiger partial charge in [0.25, 0.3) is 0 Å². The van der Waals surface area contributed by atoms with Gasteiger partial charge >= 0.3 is 42.1 Å². The Labute approximate surface area is 345 Å². The molecule has 0 N–H and O–H groups in total. The molecule has 0 heterocycles. The van der Waals surface area contributed by atoms with E-state index in [9.17, 15) is 9.59 Å². The van der Waals surface area contributed by atoms with E-state index < -0.39 is 0 Å². The van der Waals surface area contributed by atoms with Crippen LogP contribution in [0.1, 0.15) is 31.8 Å². The van der Waals surface area contributed by atoms with E-state index in [2.05, 4.69) is 22.1 Å². The zero-order valence-electron chi connectivity index (χ0n) is 27.9. The van der Waals surface area contributed by atoms with E-state index >= 15 is 0 Å². The molecule has 0 atom stereocenters. The number of aliphatic imine (C=N–C) groups is 2. The van der Waals surface area contributed by atoms with Crippen LogP contribution in [-0.4, -0.2) is 37.2 Å². The van der Waals surface area contributed by atoms with Crippen LogP contribution in [0.3, 0.4) is 0 Å². The Kier molecular flexibility index (Phi) is 21.0. The predicted octanol–water partition coefficient (Wildman–Crippen LogP) is 3.00. The molecule has 0 aromatic heterocycles. The van der Waals surface area contributed by atoms with Crippen molar-refractivity contribution in [1.29, 1.82) is 0 Å². The molecule has 0 fully saturated rings. The van der Waals surface area contributed by atoms with Gasteiger partial charge in [-0.3, -0.25) is 0 Å². The standard InChI is InChI=1S/2C21H16NO2.2ClH.2Pt/c2*1-24-19-14-12-18(13-15-19)22-20(16-8-4-2-5-9-16)21(23)17-10-6-3-7-11-17;;;;/h2*2-6,8-15H,1H3;2*1H;;/q2*-1;;;2*+2/p-2. The largest absolute Gasteiger partial charge is 2.00 e. The van der Waals surface area contributed by atoms with Gasteiger partial charge in [0.2, 0.25) is 0 Å². The van der Waals surface area contributed by atoms with E-state index in [0.717, 1.165) is 22.6 Å². The minimum Gasteiger partial charge on any atom is -1.00 e. The Morgan fingerprint density at radius 2 is 0.788 bits per heavy atom. The zero-order valence-corrected chi connectivity index (χ0v) is 34.0. The van der Waals surface area contributed by atoms with Gasteiger partial charge in [-0.05, 0) is 48.5 Å². The average molecular weight is 1090 g/mol. The fourth-order valence-electron chi connectivity index (χ4n) is 4.60. The average Bonchev–Trinajstić information content (AvgIpc) is 3.17. The van der Waals surface area contributed by atoms with Gasteiger partial charge in [-0.15, -0.1) is 0 Å². The molecule has 0 saturated heterocycles. The maximum absolute atomic E-state index is 12.9. The number of halogens is 2. The molecule has 0 spiro atoms. The summed E-state index contributed by atoms with van der Waals surface area (Å²) in [6.07, 6.45) is 0. The molecule has 0 aliphatic carbocycles. The number of hydrogen-bond donors (Lipinski definition) is 0. The van der Waals surface area contributed by atoms with Gasteiger partial charge in [0.15, 0.2) is 11.6 Å². The number of carbonyl (C=O) groups excluding carboxylic acids is 2. The summed E-state index contributed by atoms with van der Waals surface area (Å²) in [4.78, 5) is 35.0. The molecule has 0 saturated carbocycles. The van der Waals surface area contributed by atoms with Crippen molar-refractivity contribution in [2.24, 2.45) is 9.98 Å². The molecule has 268 valence electrons. The van der Waals surface area contributed by atoms with E-state index in [1.165, 1.54) is 0 Å². The van der Waals surface area contributed by atoms with Gasteiger partial charge in [0, 0.05) is 11.1 Å². The summed E-state index contributed by atoms with van der Waals surface area (Å²) < 4.78 is 10.3. The van der Waals surface area contributed by atoms with Crippen molar-refractivity contribution in [3.05, 3.63) is 192 Å². The van der Waals surface area contributed by atoms with Crippen LogP contribution in [-0.2, 0) is 42.1 Å². The van der Waals surface area contributed by atoms with Crippen LogP contribution in [0.5, 0.6) is 11.5 Å². The molecule has 6 aromatic rings. The Bertz CT molecular complexity index is 1850. The van der Waals surface area contributed by atoms with E-state index in [4.69, 9.17) is 9.47 Å². The number of ketones is 2. The first-order valence-corrected chi connectivity index (χ1v) is 15.1. The number of benzene rings is 6. The van der Waals surface area contributed by atoms with Crippen LogP contribution in [0.2, 0.25) is 0 Å². The number of hydrogen-bond acceptors (Lipinski definition) is 6. The summed E-state index contributed by atoms with van der Waals surface area (Å²) in [5.74, 6) is 1.24. The summed E-state index contributed by atoms with van der Waals surface area (Å²) in [7, 11) is 3.23. The molecule has 0 unspecified atom stereocenters. The maximum atomic E-state index is 12.9. The minimum atomic E-state index is -0.131. The third kappa shape index (κ3) is 13.0. The number of carbonyl (C=O) groups is 2. The van der Waals surface area contributed by atoms with E-state index in [-0.39, 0.29) is 78.5 Å². The predicted molar refractivity (Wildman–Crippen MR) is 190 cm³/mol. The molecule has 0 amide bonds. The van der Waals surface area contributed by atoms with Crippen molar-refractivity contribution in [1.82, 2.24) is 0 Å². The molecule has 10 heteroatoms. The van der Waals surface area contributed by atoms with Crippen LogP contribution < -0.4 is 34.3 Å². The van der Waals surface area contributed by atoms with Gasteiger partial charge in [-0.1, -0.05) is 71.8 Å². The second kappa shape index (κ2) is 23.9. The third-order valence-electron chi connectivity index (χ3n) is 7.09. The second-order valence-electron chi connectivity index (χ2n) is 10.3. The fraction of sp³-hybridized carbons (Fsp3) is 0.0476. The summed E-state index contributed by atoms with van der Waals surface area (Å²) in [6.45, 7) is 0. The Morgan fingerprint density at radius 3 is 1.08 bits per heavy atom. The quantitative estimate of drug-likeness (QED) is 0.120. The van der Waals surface area contributed by atoms with Gasteiger partial charge in [0.1, 0.15) is 22.9 Å². The summed E-state index contributed by atoms with van der Waals surface area (Å²) >= 11 is 0. The Morgan fingerprint density at radius 1 is 0.462 bits per heavy atom. The van der Waals surface area contributed by atoms with Crippen LogP contribution in [0, 0.1) is 12.1 Å². The van der Waals surface area contributed by atoms with Crippen LogP contribution in [0.4, 0.5) is 11.4 Å². The van der Waals surface area contributed by atoms with Crippen molar-refractivity contribution < 1.29 is 86.0 Å². The number of nitrogens with zero attached hydrogens (tertiary/aromatic N) is 2. The normalized spacial score (nSPS) is 10.3. The van der Waals surface area contributed by atoms with Gasteiger partial charge < -0.3 is 43.9 Å². The van der Waals surface area contributed by atoms with E-state index in [1.807, 2.05) is 109 Å². The SMILES string of the molecule is COc1ccc(N=C(C(=O)c2c[c-]ccc2)c2ccccc2)cc1.COc1ccc(N=C(C(=O)c2c[c-]ccc2)c2ccccc2)cc1.[Cl-].[Cl-].[Pt+2].[Pt+2]. The first-order valence-electron chi connectivity index (χ1n) is 15.1. The number of methoxy groups -OCH3 is 2. The van der Waals surface area contributed by atoms with Gasteiger partial charge in [0.05, 0.1) is 25.6 Å². The molecular weight excluding hydrogens is 1060 g/mol. The molecule has 6 nitrogen and oxygen atoms in total. The second-order valence-corrected chi connectivity index (χ2v) is 10.3. The number of Topliss-reactive ketones (excluding diaryl/α,β-unsaturated/α-hetero) is 2. The molecule has 0 bridgehead atoms. The summed E-state index contributed by atoms with van der Waals surface area (Å²) in [5.41, 5.74) is 4.89. The van der Waals surface area contributed by atoms with Crippen LogP contribution >= 0.6 is 0 Å². The van der Waals surface area contributed by atoms with Crippen molar-refractivity contribution in [2.75, 3.05) is 14.2 Å². The molecule has 6 rings (SSSR count). The first kappa shape index (κ1) is 45.6. The van der Waals surface area contributed by atoms with Crippen molar-refractivity contribution >= 4 is 34.4 Å². The van der Waals surface area contributed by atoms with E-state index in [1.54, 1.807) is 62.8 Å². The number of rotatable bonds is 10. The molecule has 52 heavy (non-hydrogen) atoms. The van der Waals surface area contributed by atoms with Gasteiger partial charge in [-0.25, -0.2) is 9.98 Å². The van der Waals surface area contributed by atoms with E-state index in [0.29, 0.717) is 33.9 Å². The Balaban J connectivity index is 0.000000483. The number of ether oxygens (including phenoxy) is 2. The van der Waals surface area contributed by atoms with Crippen molar-refractivity contribution in [3.8, 4) is 11.5 Å². The topological polar surface area (TPSA) is 77.3 Å². The Hall–Kier alpha value is -4.44. The zero-order chi connectivity index (χ0) is 33.6. The molecule has 0 aliphatic heterocycles. The van der Waals surface area contributed by atoms with Gasteiger partial charge in [-0.2, -0.15) is 60.7 Å². The molecule has 6 aromatic carbocycles. The smallest absolute Gasteiger partial charge is 1.00 e. The maximum Gasteiger partial charge on any atom is 2.00 e. The monoisotopic (exact) mass is 1090 g/mol. The molecule has 0 aliphatic rings. The molecular formula is C42H32Cl2N2O4Pt2. The molecule has 0 radical (unpaired) electrons. The minimum absolute atomic E-state index is 0. The first-order chi connectivity index (χ1) is 23.6. The van der Waals surface area contributed by atoms with Crippen molar-refractivity contribution in [2.45, 2.75) is 0 Å². The van der Waals surface area contributed by atoms with Crippen LogP contribution in [0.25, 0.3) is 0 Å². The third-order valence-corrected chi connectivity index (χ3v) is 7.09. The fourth-order valence-corrected chi connectivity index (χ4v) is 4.60. The summed E-state index contributed by atoms with van der Waals surface area (Å²) in [5, 5.41) is 0. The van der Waals surface area contributed by atoms with Crippen LogP contribution in [0.15, 0.2) is 168 Å². The summed E-state index contributed by atoms with van der Waals surface area (Å²) in [6, 6.07) is 53.4.